The van der Waals surface area contributed by atoms with Gasteiger partial charge in [-0.15, -0.1) is 24.0 Å². The Bertz CT molecular complexity index is 563. The van der Waals surface area contributed by atoms with Crippen molar-refractivity contribution in [3.05, 3.63) is 60.4 Å². The van der Waals surface area contributed by atoms with Gasteiger partial charge in [0.25, 0.3) is 0 Å². The van der Waals surface area contributed by atoms with E-state index in [1.54, 1.807) is 6.20 Å². The molecule has 0 aliphatic carbocycles. The third-order valence-electron chi connectivity index (χ3n) is 3.05. The van der Waals surface area contributed by atoms with Crippen molar-refractivity contribution in [1.82, 2.24) is 4.98 Å². The Labute approximate surface area is 147 Å². The summed E-state index contributed by atoms with van der Waals surface area (Å²) in [7, 11) is 0. The average molecular weight is 412 g/mol. The number of para-hydroxylation sites is 1. The molecular weight excluding hydrogens is 391 g/mol. The Morgan fingerprint density at radius 1 is 1.18 bits per heavy atom. The van der Waals surface area contributed by atoms with Crippen molar-refractivity contribution >= 4 is 35.6 Å². The van der Waals surface area contributed by atoms with E-state index in [0.717, 1.165) is 11.4 Å². The molecule has 0 aliphatic rings. The molecule has 22 heavy (non-hydrogen) atoms. The smallest absolute Gasteiger partial charge is 0.193 e. The van der Waals surface area contributed by atoms with Gasteiger partial charge < -0.3 is 16.2 Å². The van der Waals surface area contributed by atoms with E-state index in [1.807, 2.05) is 48.5 Å². The SMILES string of the molecule is I.NC(=NCC(CO)Cc1ccccn1)Nc1ccccc1. The van der Waals surface area contributed by atoms with E-state index >= 15 is 0 Å². The lowest BCUT2D eigenvalue weighted by atomic mass is 10.0. The molecule has 0 saturated heterocycles. The van der Waals surface area contributed by atoms with Crippen LogP contribution in [0.2, 0.25) is 0 Å². The quantitative estimate of drug-likeness (QED) is 0.386. The van der Waals surface area contributed by atoms with Crippen molar-refractivity contribution in [2.75, 3.05) is 18.5 Å². The summed E-state index contributed by atoms with van der Waals surface area (Å²) in [5.41, 5.74) is 7.68. The van der Waals surface area contributed by atoms with Crippen LogP contribution in [0.4, 0.5) is 5.69 Å². The lowest BCUT2D eigenvalue weighted by molar-refractivity contribution is 0.229. The Balaban J connectivity index is 0.00000242. The van der Waals surface area contributed by atoms with Crippen LogP contribution >= 0.6 is 24.0 Å². The van der Waals surface area contributed by atoms with E-state index in [2.05, 4.69) is 15.3 Å². The van der Waals surface area contributed by atoms with E-state index < -0.39 is 0 Å². The summed E-state index contributed by atoms with van der Waals surface area (Å²) in [6.07, 6.45) is 2.43. The molecule has 4 N–H and O–H groups in total. The second kappa shape index (κ2) is 10.1. The van der Waals surface area contributed by atoms with Gasteiger partial charge in [0.1, 0.15) is 0 Å². The zero-order valence-corrected chi connectivity index (χ0v) is 14.6. The number of rotatable bonds is 6. The topological polar surface area (TPSA) is 83.5 Å². The number of aliphatic hydroxyl groups excluding tert-OH is 1. The van der Waals surface area contributed by atoms with Gasteiger partial charge in [0, 0.05) is 36.6 Å². The monoisotopic (exact) mass is 412 g/mol. The number of benzene rings is 1. The first-order valence-corrected chi connectivity index (χ1v) is 6.90. The number of nitrogens with zero attached hydrogens (tertiary/aromatic N) is 2. The number of guanidine groups is 1. The molecule has 118 valence electrons. The number of anilines is 1. The normalized spacial score (nSPS) is 12.3. The highest BCUT2D eigenvalue weighted by Gasteiger charge is 2.09. The van der Waals surface area contributed by atoms with Crippen LogP contribution in [0.1, 0.15) is 5.69 Å². The summed E-state index contributed by atoms with van der Waals surface area (Å²) in [5.74, 6) is 0.358. The second-order valence-corrected chi connectivity index (χ2v) is 4.79. The van der Waals surface area contributed by atoms with Gasteiger partial charge in [0.05, 0.1) is 0 Å². The first kappa shape index (κ1) is 18.4. The van der Waals surface area contributed by atoms with Crippen LogP contribution in [-0.2, 0) is 6.42 Å². The van der Waals surface area contributed by atoms with Crippen molar-refractivity contribution in [3.63, 3.8) is 0 Å². The predicted molar refractivity (Wildman–Crippen MR) is 100 cm³/mol. The summed E-state index contributed by atoms with van der Waals surface area (Å²) in [6.45, 7) is 0.511. The van der Waals surface area contributed by atoms with Crippen LogP contribution < -0.4 is 11.1 Å². The van der Waals surface area contributed by atoms with E-state index in [0.29, 0.717) is 18.9 Å². The number of nitrogens with one attached hydrogen (secondary N) is 1. The molecule has 6 heteroatoms. The Kier molecular flexibility index (Phi) is 8.46. The minimum Gasteiger partial charge on any atom is -0.396 e. The molecule has 1 aromatic carbocycles. The number of hydrogen-bond donors (Lipinski definition) is 3. The van der Waals surface area contributed by atoms with Gasteiger partial charge in [-0.05, 0) is 30.7 Å². The molecule has 5 nitrogen and oxygen atoms in total. The molecule has 0 bridgehead atoms. The maximum Gasteiger partial charge on any atom is 0.193 e. The number of aliphatic imine (C=N–C) groups is 1. The highest BCUT2D eigenvalue weighted by Crippen LogP contribution is 2.07. The van der Waals surface area contributed by atoms with Crippen LogP contribution in [0.25, 0.3) is 0 Å². The largest absolute Gasteiger partial charge is 0.396 e. The number of aliphatic hydroxyl groups is 1. The molecule has 1 unspecified atom stereocenters. The van der Waals surface area contributed by atoms with Gasteiger partial charge in [0.15, 0.2) is 5.96 Å². The zero-order valence-electron chi connectivity index (χ0n) is 12.2. The van der Waals surface area contributed by atoms with Crippen LogP contribution in [0.15, 0.2) is 59.7 Å². The van der Waals surface area contributed by atoms with Crippen molar-refractivity contribution in [3.8, 4) is 0 Å². The van der Waals surface area contributed by atoms with Gasteiger partial charge >= 0.3 is 0 Å². The summed E-state index contributed by atoms with van der Waals surface area (Å²) >= 11 is 0. The lowest BCUT2D eigenvalue weighted by Gasteiger charge is -2.12. The molecular formula is C16H21IN4O. The highest BCUT2D eigenvalue weighted by molar-refractivity contribution is 14.0. The molecule has 0 aliphatic heterocycles. The molecule has 1 atom stereocenters. The minimum atomic E-state index is 0. The van der Waals surface area contributed by atoms with Gasteiger partial charge in [-0.25, -0.2) is 0 Å². The van der Waals surface area contributed by atoms with Crippen molar-refractivity contribution in [2.45, 2.75) is 6.42 Å². The predicted octanol–water partition coefficient (Wildman–Crippen LogP) is 2.28. The fourth-order valence-corrected chi connectivity index (χ4v) is 1.94. The van der Waals surface area contributed by atoms with Crippen LogP contribution in [-0.4, -0.2) is 29.2 Å². The molecule has 2 rings (SSSR count). The number of aromatic nitrogens is 1. The molecule has 0 saturated carbocycles. The highest BCUT2D eigenvalue weighted by atomic mass is 127. The molecule has 2 aromatic rings. The molecule has 0 radical (unpaired) electrons. The fraction of sp³-hybridized carbons (Fsp3) is 0.250. The first-order chi connectivity index (χ1) is 10.3. The maximum atomic E-state index is 9.43. The second-order valence-electron chi connectivity index (χ2n) is 4.79. The van der Waals surface area contributed by atoms with Gasteiger partial charge in [0.2, 0.25) is 0 Å². The summed E-state index contributed by atoms with van der Waals surface area (Å²) in [5, 5.41) is 12.4. The van der Waals surface area contributed by atoms with E-state index in [4.69, 9.17) is 5.73 Å². The lowest BCUT2D eigenvalue weighted by Crippen LogP contribution is -2.25. The van der Waals surface area contributed by atoms with Crippen LogP contribution in [0.3, 0.4) is 0 Å². The third kappa shape index (κ3) is 6.40. The number of hydrogen-bond acceptors (Lipinski definition) is 3. The molecule has 0 spiro atoms. The third-order valence-corrected chi connectivity index (χ3v) is 3.05. The van der Waals surface area contributed by atoms with E-state index in [9.17, 15) is 5.11 Å². The van der Waals surface area contributed by atoms with Gasteiger partial charge in [-0.3, -0.25) is 9.98 Å². The average Bonchev–Trinajstić information content (AvgIpc) is 2.53. The molecule has 0 amide bonds. The number of pyridine rings is 1. The standard InChI is InChI=1S/C16H20N4O.HI/c17-16(20-14-6-2-1-3-7-14)19-11-13(12-21)10-15-8-4-5-9-18-15;/h1-9,13,21H,10-12H2,(H3,17,19,20);1H. The summed E-state index contributed by atoms with van der Waals surface area (Å²) in [4.78, 5) is 8.54. The number of nitrogens with two attached hydrogens (primary N) is 1. The summed E-state index contributed by atoms with van der Waals surface area (Å²) in [6, 6.07) is 15.4. The van der Waals surface area contributed by atoms with Crippen LogP contribution in [0.5, 0.6) is 0 Å². The fourth-order valence-electron chi connectivity index (χ4n) is 1.94. The first-order valence-electron chi connectivity index (χ1n) is 6.90. The number of halogens is 1. The van der Waals surface area contributed by atoms with E-state index in [-0.39, 0.29) is 36.5 Å². The van der Waals surface area contributed by atoms with Crippen molar-refractivity contribution in [2.24, 2.45) is 16.6 Å². The van der Waals surface area contributed by atoms with E-state index in [1.165, 1.54) is 0 Å². The Morgan fingerprint density at radius 3 is 2.55 bits per heavy atom. The Hall–Kier alpha value is -1.67. The van der Waals surface area contributed by atoms with Crippen molar-refractivity contribution < 1.29 is 5.11 Å². The Morgan fingerprint density at radius 2 is 1.91 bits per heavy atom. The molecule has 1 aromatic heterocycles. The van der Waals surface area contributed by atoms with Crippen LogP contribution in [0, 0.1) is 5.92 Å². The minimum absolute atomic E-state index is 0. The molecule has 0 fully saturated rings. The zero-order chi connectivity index (χ0) is 14.9. The van der Waals surface area contributed by atoms with Gasteiger partial charge in [-0.1, -0.05) is 24.3 Å². The maximum absolute atomic E-state index is 9.43. The van der Waals surface area contributed by atoms with Gasteiger partial charge in [-0.2, -0.15) is 0 Å². The molecule has 1 heterocycles. The summed E-state index contributed by atoms with van der Waals surface area (Å²) < 4.78 is 0. The van der Waals surface area contributed by atoms with Crippen molar-refractivity contribution in [1.29, 1.82) is 0 Å².